The van der Waals surface area contributed by atoms with Crippen molar-refractivity contribution >= 4 is 59.2 Å². The van der Waals surface area contributed by atoms with Gasteiger partial charge in [-0.25, -0.2) is 0 Å². The summed E-state index contributed by atoms with van der Waals surface area (Å²) in [7, 11) is 0. The Bertz CT molecular complexity index is 1320. The molecule has 0 fully saturated rings. The Balaban J connectivity index is 6.12. The molecule has 0 aliphatic carbocycles. The number of amides is 8. The van der Waals surface area contributed by atoms with E-state index in [1.54, 1.807) is 41.5 Å². The fraction of sp³-hybridized carbons (Fsp3) is 0.677. The number of carbonyl (C=O) groups excluding carboxylic acids is 8. The first-order chi connectivity index (χ1) is 24.1. The van der Waals surface area contributed by atoms with E-state index in [0.29, 0.717) is 0 Å². The van der Waals surface area contributed by atoms with Crippen molar-refractivity contribution in [3.8, 4) is 0 Å². The number of hydrogen-bond acceptors (Lipinski definition) is 11. The maximum Gasteiger partial charge on any atom is 0.322 e. The largest absolute Gasteiger partial charge is 0.481 e. The highest BCUT2D eigenvalue weighted by Gasteiger charge is 2.35. The highest BCUT2D eigenvalue weighted by Crippen LogP contribution is 2.11. The monoisotopic (exact) mass is 743 g/mol. The van der Waals surface area contributed by atoms with Crippen molar-refractivity contribution < 1.29 is 58.2 Å². The molecule has 0 unspecified atom stereocenters. The summed E-state index contributed by atoms with van der Waals surface area (Å²) in [6.45, 7) is 8.35. The van der Waals surface area contributed by atoms with Crippen molar-refractivity contribution in [2.75, 3.05) is 19.6 Å². The van der Waals surface area contributed by atoms with Crippen LogP contribution in [0, 0.1) is 17.8 Å². The van der Waals surface area contributed by atoms with Crippen molar-refractivity contribution in [2.24, 2.45) is 29.2 Å². The van der Waals surface area contributed by atoms with Crippen LogP contribution in [0.4, 0.5) is 0 Å². The molecule has 13 N–H and O–H groups in total. The molecule has 0 aliphatic rings. The van der Waals surface area contributed by atoms with Crippen LogP contribution in [-0.4, -0.2) is 119 Å². The van der Waals surface area contributed by atoms with Crippen LogP contribution >= 0.6 is 0 Å². The highest BCUT2D eigenvalue weighted by atomic mass is 16.4. The maximum atomic E-state index is 13.6. The van der Waals surface area contributed by atoms with Gasteiger partial charge in [-0.2, -0.15) is 0 Å². The van der Waals surface area contributed by atoms with Crippen LogP contribution in [0.2, 0.25) is 0 Å². The zero-order chi connectivity index (χ0) is 40.3. The van der Waals surface area contributed by atoms with E-state index in [-0.39, 0.29) is 18.9 Å². The molecule has 0 aromatic rings. The number of nitrogens with two attached hydrogens (primary N) is 2. The first-order valence-electron chi connectivity index (χ1n) is 16.6. The predicted molar refractivity (Wildman–Crippen MR) is 182 cm³/mol. The molecular formula is C31H53N9O12. The summed E-state index contributed by atoms with van der Waals surface area (Å²) in [4.78, 5) is 124. The number of aliphatic carboxylic acids is 2. The molecule has 0 aromatic heterocycles. The third-order valence-electron chi connectivity index (χ3n) is 7.22. The number of hydrogen-bond donors (Lipinski definition) is 11. The molecule has 0 spiro atoms. The van der Waals surface area contributed by atoms with Gasteiger partial charge in [-0.15, -0.1) is 0 Å². The topological polar surface area (TPSA) is 347 Å². The van der Waals surface area contributed by atoms with E-state index in [9.17, 15) is 53.1 Å². The molecule has 0 rings (SSSR count). The minimum atomic E-state index is -1.76. The number of nitrogens with one attached hydrogen (secondary N) is 7. The van der Waals surface area contributed by atoms with Crippen molar-refractivity contribution in [2.45, 2.75) is 97.4 Å². The number of carbonyl (C=O) groups is 10. The lowest BCUT2D eigenvalue weighted by Crippen LogP contribution is -2.61. The molecule has 0 saturated heterocycles. The fourth-order valence-electron chi connectivity index (χ4n) is 4.52. The minimum Gasteiger partial charge on any atom is -0.481 e. The summed E-state index contributed by atoms with van der Waals surface area (Å²) in [6, 6.07) is -6.98. The van der Waals surface area contributed by atoms with Gasteiger partial charge in [0.15, 0.2) is 0 Å². The van der Waals surface area contributed by atoms with Gasteiger partial charge in [0.2, 0.25) is 47.3 Å². The summed E-state index contributed by atoms with van der Waals surface area (Å²) in [5.41, 5.74) is 10.4. The number of carboxylic acids is 2. The third-order valence-corrected chi connectivity index (χ3v) is 7.22. The van der Waals surface area contributed by atoms with Gasteiger partial charge in [0.25, 0.3) is 0 Å². The van der Waals surface area contributed by atoms with E-state index in [2.05, 4.69) is 31.9 Å². The summed E-state index contributed by atoms with van der Waals surface area (Å²) in [5, 5.41) is 34.5. The van der Waals surface area contributed by atoms with Gasteiger partial charge in [-0.3, -0.25) is 47.9 Å². The quantitative estimate of drug-likeness (QED) is 0.0447. The number of primary amides is 1. The molecule has 294 valence electrons. The van der Waals surface area contributed by atoms with Crippen LogP contribution < -0.4 is 48.7 Å². The van der Waals surface area contributed by atoms with Crippen LogP contribution in [0.15, 0.2) is 0 Å². The van der Waals surface area contributed by atoms with Gasteiger partial charge in [-0.05, 0) is 30.6 Å². The van der Waals surface area contributed by atoms with E-state index in [0.717, 1.165) is 0 Å². The summed E-state index contributed by atoms with van der Waals surface area (Å²) in [5.74, 6) is -10.9. The Morgan fingerprint density at radius 2 is 1.06 bits per heavy atom. The average molecular weight is 744 g/mol. The van der Waals surface area contributed by atoms with Crippen LogP contribution in [0.3, 0.4) is 0 Å². The molecule has 0 aliphatic heterocycles. The van der Waals surface area contributed by atoms with Gasteiger partial charge in [0.05, 0.1) is 19.5 Å². The summed E-state index contributed by atoms with van der Waals surface area (Å²) < 4.78 is 0. The van der Waals surface area contributed by atoms with Gasteiger partial charge < -0.3 is 58.9 Å². The third kappa shape index (κ3) is 18.6. The summed E-state index contributed by atoms with van der Waals surface area (Å²) >= 11 is 0. The molecule has 0 bridgehead atoms. The lowest BCUT2D eigenvalue weighted by molar-refractivity contribution is -0.142. The van der Waals surface area contributed by atoms with Gasteiger partial charge in [-0.1, -0.05) is 41.5 Å². The first kappa shape index (κ1) is 46.7. The Kier molecular flexibility index (Phi) is 20.8. The van der Waals surface area contributed by atoms with E-state index in [1.807, 2.05) is 5.32 Å². The van der Waals surface area contributed by atoms with E-state index >= 15 is 0 Å². The SMILES string of the molecule is CC(C)C[C@H](NC(=O)[C@@H](NC(=O)CNC(=O)CN)C(C)C)C(=O)N[C@H](C(=O)N[C@@H](CCC(N)=O)C(=O)N[C@@H](CC(=O)O)C(=O)NCC(=O)O)C(C)C. The van der Waals surface area contributed by atoms with Crippen LogP contribution in [0.25, 0.3) is 0 Å². The van der Waals surface area contributed by atoms with Gasteiger partial charge >= 0.3 is 11.9 Å². The highest BCUT2D eigenvalue weighted by molar-refractivity contribution is 5.97. The van der Waals surface area contributed by atoms with Crippen LogP contribution in [0.1, 0.15) is 67.2 Å². The molecule has 0 saturated carbocycles. The Hall–Kier alpha value is -5.34. The second kappa shape index (κ2) is 23.2. The first-order valence-corrected chi connectivity index (χ1v) is 16.6. The zero-order valence-electron chi connectivity index (χ0n) is 30.2. The molecule has 5 atom stereocenters. The fourth-order valence-corrected chi connectivity index (χ4v) is 4.52. The summed E-state index contributed by atoms with van der Waals surface area (Å²) in [6.07, 6.45) is -1.67. The predicted octanol–water partition coefficient (Wildman–Crippen LogP) is -4.22. The van der Waals surface area contributed by atoms with Crippen molar-refractivity contribution in [3.63, 3.8) is 0 Å². The molecule has 8 amide bonds. The smallest absolute Gasteiger partial charge is 0.322 e. The number of carboxylic acid groups (broad SMARTS) is 2. The van der Waals surface area contributed by atoms with Crippen molar-refractivity contribution in [3.05, 3.63) is 0 Å². The molecule has 21 heteroatoms. The zero-order valence-corrected chi connectivity index (χ0v) is 30.2. The molecule has 0 radical (unpaired) electrons. The Labute approximate surface area is 300 Å². The second-order valence-corrected chi connectivity index (χ2v) is 13.0. The van der Waals surface area contributed by atoms with Crippen LogP contribution in [0.5, 0.6) is 0 Å². The van der Waals surface area contributed by atoms with Crippen LogP contribution in [-0.2, 0) is 47.9 Å². The Morgan fingerprint density at radius 3 is 1.52 bits per heavy atom. The molecule has 0 heterocycles. The number of rotatable bonds is 24. The molecule has 52 heavy (non-hydrogen) atoms. The van der Waals surface area contributed by atoms with E-state index in [4.69, 9.17) is 16.6 Å². The normalized spacial score (nSPS) is 13.8. The van der Waals surface area contributed by atoms with Gasteiger partial charge in [0.1, 0.15) is 36.8 Å². The van der Waals surface area contributed by atoms with Crippen molar-refractivity contribution in [1.82, 2.24) is 37.2 Å². The minimum absolute atomic E-state index is 0.105. The molecular weight excluding hydrogens is 690 g/mol. The maximum absolute atomic E-state index is 13.6. The van der Waals surface area contributed by atoms with Gasteiger partial charge in [0, 0.05) is 6.42 Å². The van der Waals surface area contributed by atoms with E-state index in [1.165, 1.54) is 0 Å². The van der Waals surface area contributed by atoms with Crippen molar-refractivity contribution in [1.29, 1.82) is 0 Å². The molecule has 21 nitrogen and oxygen atoms in total. The van der Waals surface area contributed by atoms with E-state index < -0.39 is 134 Å². The Morgan fingerprint density at radius 1 is 0.558 bits per heavy atom. The molecule has 0 aromatic carbocycles. The lowest BCUT2D eigenvalue weighted by atomic mass is 9.98. The lowest BCUT2D eigenvalue weighted by Gasteiger charge is -2.29. The average Bonchev–Trinajstić information content (AvgIpc) is 3.03. The second-order valence-electron chi connectivity index (χ2n) is 13.0. The standard InChI is InChI=1S/C31H53N9O12/c1-14(2)9-18(38-30(51)25(15(3)4)39-22(43)12-34-21(42)11-32)29(50)40-26(16(5)6)31(52)36-17(7-8-20(33)41)28(49)37-19(10-23(44)45)27(48)35-13-24(46)47/h14-19,25-26H,7-13,32H2,1-6H3,(H2,33,41)(H,34,42)(H,35,48)(H,36,52)(H,37,49)(H,38,51)(H,39,43)(H,40,50)(H,44,45)(H,46,47)/t17-,18-,19-,25-,26-/m0/s1.